The van der Waals surface area contributed by atoms with E-state index in [2.05, 4.69) is 21.2 Å². The minimum Gasteiger partial charge on any atom is -0.494 e. The lowest BCUT2D eigenvalue weighted by Crippen LogP contribution is -2.13. The van der Waals surface area contributed by atoms with Crippen molar-refractivity contribution in [1.29, 1.82) is 5.26 Å². The van der Waals surface area contributed by atoms with Crippen LogP contribution in [0.5, 0.6) is 5.75 Å². The van der Waals surface area contributed by atoms with Gasteiger partial charge in [-0.05, 0) is 61.4 Å². The molecule has 6 heteroatoms. The summed E-state index contributed by atoms with van der Waals surface area (Å²) in [6.45, 7) is 4.33. The number of anilines is 1. The van der Waals surface area contributed by atoms with Crippen molar-refractivity contribution in [3.8, 4) is 11.8 Å². The first-order valence-corrected chi connectivity index (χ1v) is 11.3. The summed E-state index contributed by atoms with van der Waals surface area (Å²) in [4.78, 5) is 12.6. The minimum absolute atomic E-state index is 0.0253. The molecular weight excluding hydrogens is 488 g/mol. The minimum atomic E-state index is -0.484. The van der Waals surface area contributed by atoms with Crippen LogP contribution < -0.4 is 10.1 Å². The zero-order valence-corrected chi connectivity index (χ0v) is 20.1. The molecule has 0 aromatic heterocycles. The zero-order chi connectivity index (χ0) is 23.1. The largest absolute Gasteiger partial charge is 0.494 e. The van der Waals surface area contributed by atoms with Crippen LogP contribution in [0.3, 0.4) is 0 Å². The van der Waals surface area contributed by atoms with Gasteiger partial charge in [0.2, 0.25) is 0 Å². The fourth-order valence-electron chi connectivity index (χ4n) is 3.15. The Kier molecular flexibility index (Phi) is 8.10. The fourth-order valence-corrected chi connectivity index (χ4v) is 3.86. The molecule has 0 saturated carbocycles. The van der Waals surface area contributed by atoms with Gasteiger partial charge in [0.15, 0.2) is 0 Å². The number of nitrogens with one attached hydrogen (secondary N) is 1. The van der Waals surface area contributed by atoms with E-state index in [4.69, 9.17) is 16.3 Å². The molecule has 4 nitrogen and oxygen atoms in total. The van der Waals surface area contributed by atoms with E-state index >= 15 is 0 Å². The van der Waals surface area contributed by atoms with E-state index in [1.165, 1.54) is 6.08 Å². The van der Waals surface area contributed by atoms with Crippen molar-refractivity contribution in [3.05, 3.63) is 98.0 Å². The quantitative estimate of drug-likeness (QED) is 0.277. The third-order valence-electron chi connectivity index (χ3n) is 4.79. The number of carbonyl (C=O) groups excluding carboxylic acids is 1. The molecular formula is C26H22BrClN2O2. The lowest BCUT2D eigenvalue weighted by molar-refractivity contribution is -0.112. The normalized spacial score (nSPS) is 11.0. The number of hydrogen-bond acceptors (Lipinski definition) is 3. The SMILES string of the molecule is CCOc1cc(/C=C(\C#N)C(=O)Nc2ccc(C)cc2)cc(Cl)c1Cc1ccccc1Br. The molecule has 32 heavy (non-hydrogen) atoms. The van der Waals surface area contributed by atoms with Gasteiger partial charge in [0, 0.05) is 27.2 Å². The highest BCUT2D eigenvalue weighted by atomic mass is 79.9. The Hall–Kier alpha value is -3.07. The Morgan fingerprint density at radius 2 is 1.91 bits per heavy atom. The van der Waals surface area contributed by atoms with Gasteiger partial charge >= 0.3 is 0 Å². The summed E-state index contributed by atoms with van der Waals surface area (Å²) < 4.78 is 6.83. The van der Waals surface area contributed by atoms with Gasteiger partial charge in [-0.2, -0.15) is 5.26 Å². The van der Waals surface area contributed by atoms with Gasteiger partial charge in [0.25, 0.3) is 5.91 Å². The molecule has 0 bridgehead atoms. The fraction of sp³-hybridized carbons (Fsp3) is 0.154. The number of amides is 1. The maximum atomic E-state index is 12.6. The highest BCUT2D eigenvalue weighted by molar-refractivity contribution is 9.10. The molecule has 0 unspecified atom stereocenters. The molecule has 0 heterocycles. The Morgan fingerprint density at radius 1 is 1.19 bits per heavy atom. The molecule has 0 saturated heterocycles. The maximum Gasteiger partial charge on any atom is 0.266 e. The van der Waals surface area contributed by atoms with E-state index in [0.29, 0.717) is 35.1 Å². The summed E-state index contributed by atoms with van der Waals surface area (Å²) in [6, 6.07) is 20.8. The molecule has 0 aliphatic heterocycles. The van der Waals surface area contributed by atoms with Crippen molar-refractivity contribution in [2.45, 2.75) is 20.3 Å². The first-order valence-electron chi connectivity index (χ1n) is 10.1. The average Bonchev–Trinajstić information content (AvgIpc) is 2.77. The lowest BCUT2D eigenvalue weighted by Gasteiger charge is -2.14. The average molecular weight is 510 g/mol. The van der Waals surface area contributed by atoms with Crippen LogP contribution in [-0.2, 0) is 11.2 Å². The van der Waals surface area contributed by atoms with Crippen LogP contribution in [0.15, 0.2) is 70.7 Å². The van der Waals surface area contributed by atoms with Crippen molar-refractivity contribution in [2.75, 3.05) is 11.9 Å². The number of halogens is 2. The first kappa shape index (κ1) is 23.6. The molecule has 3 rings (SSSR count). The van der Waals surface area contributed by atoms with Gasteiger partial charge in [-0.15, -0.1) is 0 Å². The summed E-state index contributed by atoms with van der Waals surface area (Å²) >= 11 is 10.2. The van der Waals surface area contributed by atoms with Crippen LogP contribution in [0.1, 0.15) is 29.2 Å². The van der Waals surface area contributed by atoms with E-state index in [0.717, 1.165) is 21.2 Å². The van der Waals surface area contributed by atoms with Crippen LogP contribution in [0.4, 0.5) is 5.69 Å². The lowest BCUT2D eigenvalue weighted by atomic mass is 10.0. The first-order chi connectivity index (χ1) is 15.4. The molecule has 0 spiro atoms. The maximum absolute atomic E-state index is 12.6. The van der Waals surface area contributed by atoms with Crippen molar-refractivity contribution >= 4 is 45.2 Å². The molecule has 162 valence electrons. The van der Waals surface area contributed by atoms with E-state index in [1.807, 2.05) is 56.3 Å². The number of carbonyl (C=O) groups is 1. The van der Waals surface area contributed by atoms with Gasteiger partial charge in [-0.25, -0.2) is 0 Å². The highest BCUT2D eigenvalue weighted by Gasteiger charge is 2.15. The molecule has 0 radical (unpaired) electrons. The Labute approximate surface area is 201 Å². The van der Waals surface area contributed by atoms with Crippen molar-refractivity contribution in [3.63, 3.8) is 0 Å². The molecule has 1 amide bonds. The second kappa shape index (κ2) is 11.0. The van der Waals surface area contributed by atoms with Crippen molar-refractivity contribution in [2.24, 2.45) is 0 Å². The number of nitrogens with zero attached hydrogens (tertiary/aromatic N) is 1. The van der Waals surface area contributed by atoms with Gasteiger partial charge < -0.3 is 10.1 Å². The monoisotopic (exact) mass is 508 g/mol. The Morgan fingerprint density at radius 3 is 2.56 bits per heavy atom. The molecule has 0 aliphatic rings. The third-order valence-corrected chi connectivity index (χ3v) is 5.90. The number of nitriles is 1. The second-order valence-corrected chi connectivity index (χ2v) is 8.43. The van der Waals surface area contributed by atoms with Crippen LogP contribution in [0.2, 0.25) is 5.02 Å². The van der Waals surface area contributed by atoms with Crippen LogP contribution >= 0.6 is 27.5 Å². The summed E-state index contributed by atoms with van der Waals surface area (Å²) in [6.07, 6.45) is 2.10. The highest BCUT2D eigenvalue weighted by Crippen LogP contribution is 2.33. The van der Waals surface area contributed by atoms with Gasteiger partial charge in [-0.1, -0.05) is 63.4 Å². The van der Waals surface area contributed by atoms with Gasteiger partial charge in [0.1, 0.15) is 17.4 Å². The number of aryl methyl sites for hydroxylation is 1. The second-order valence-electron chi connectivity index (χ2n) is 7.17. The van der Waals surface area contributed by atoms with Crippen molar-refractivity contribution in [1.82, 2.24) is 0 Å². The standard InChI is InChI=1S/C26H22BrClN2O2/c1-3-32-25-14-18(13-24(28)22(25)15-19-6-4-5-7-23(19)27)12-20(16-29)26(31)30-21-10-8-17(2)9-11-21/h4-14H,3,15H2,1-2H3,(H,30,31)/b20-12+. The van der Waals surface area contributed by atoms with Gasteiger partial charge in [-0.3, -0.25) is 4.79 Å². The predicted molar refractivity (Wildman–Crippen MR) is 133 cm³/mol. The number of rotatable bonds is 7. The van der Waals surface area contributed by atoms with Crippen LogP contribution in [0.25, 0.3) is 6.08 Å². The summed E-state index contributed by atoms with van der Waals surface area (Å²) in [5.41, 5.74) is 4.22. The predicted octanol–water partition coefficient (Wildman–Crippen LogP) is 6.95. The molecule has 3 aromatic rings. The van der Waals surface area contributed by atoms with E-state index in [-0.39, 0.29) is 5.57 Å². The Bertz CT molecular complexity index is 1200. The van der Waals surface area contributed by atoms with Crippen LogP contribution in [0, 0.1) is 18.3 Å². The van der Waals surface area contributed by atoms with E-state index in [1.54, 1.807) is 24.3 Å². The molecule has 1 N–H and O–H groups in total. The summed E-state index contributed by atoms with van der Waals surface area (Å²) in [7, 11) is 0. The topological polar surface area (TPSA) is 62.1 Å². The van der Waals surface area contributed by atoms with Gasteiger partial charge in [0.05, 0.1) is 6.61 Å². The summed E-state index contributed by atoms with van der Waals surface area (Å²) in [5, 5.41) is 12.8. The molecule has 0 fully saturated rings. The summed E-state index contributed by atoms with van der Waals surface area (Å²) in [5.74, 6) is 0.140. The van der Waals surface area contributed by atoms with Crippen molar-refractivity contribution < 1.29 is 9.53 Å². The molecule has 0 atom stereocenters. The number of hydrogen-bond donors (Lipinski definition) is 1. The number of benzene rings is 3. The van der Waals surface area contributed by atoms with E-state index < -0.39 is 5.91 Å². The van der Waals surface area contributed by atoms with E-state index in [9.17, 15) is 10.1 Å². The molecule has 0 aliphatic carbocycles. The van der Waals surface area contributed by atoms with Crippen LogP contribution in [-0.4, -0.2) is 12.5 Å². The molecule has 3 aromatic carbocycles. The smallest absolute Gasteiger partial charge is 0.266 e. The zero-order valence-electron chi connectivity index (χ0n) is 17.8. The Balaban J connectivity index is 1.91. The third kappa shape index (κ3) is 6.00. The number of ether oxygens (including phenoxy) is 1.